The van der Waals surface area contributed by atoms with E-state index in [4.69, 9.17) is 9.47 Å². The predicted octanol–water partition coefficient (Wildman–Crippen LogP) is 3.48. The lowest BCUT2D eigenvalue weighted by Gasteiger charge is -2.43. The fourth-order valence-corrected chi connectivity index (χ4v) is 4.08. The van der Waals surface area contributed by atoms with Crippen LogP contribution in [-0.2, 0) is 29.3 Å². The number of Topliss-reactive ketones (excluding diaryl/α,β-unsaturated/α-hetero) is 1. The Hall–Kier alpha value is -2.73. The van der Waals surface area contributed by atoms with Gasteiger partial charge in [0.25, 0.3) is 0 Å². The van der Waals surface area contributed by atoms with Crippen molar-refractivity contribution in [3.05, 3.63) is 60.7 Å². The molecule has 0 spiro atoms. The number of ketones is 1. The van der Waals surface area contributed by atoms with Crippen LogP contribution >= 0.6 is 0 Å². The monoisotopic (exact) mass is 428 g/mol. The molecule has 0 unspecified atom stereocenters. The summed E-state index contributed by atoms with van der Waals surface area (Å²) in [6, 6.07) is 7.39. The van der Waals surface area contributed by atoms with Crippen LogP contribution in [0.4, 0.5) is 0 Å². The van der Waals surface area contributed by atoms with Crippen LogP contribution < -0.4 is 0 Å². The van der Waals surface area contributed by atoms with Gasteiger partial charge in [0.05, 0.1) is 11.5 Å². The van der Waals surface area contributed by atoms with E-state index in [0.29, 0.717) is 5.56 Å². The van der Waals surface area contributed by atoms with Crippen LogP contribution in [0.1, 0.15) is 51.2 Å². The Morgan fingerprint density at radius 2 is 1.61 bits per heavy atom. The second kappa shape index (κ2) is 9.60. The summed E-state index contributed by atoms with van der Waals surface area (Å²) in [5.74, 6) is -5.21. The van der Waals surface area contributed by atoms with Crippen molar-refractivity contribution in [2.24, 2.45) is 11.8 Å². The second-order valence-corrected chi connectivity index (χ2v) is 9.19. The van der Waals surface area contributed by atoms with Crippen molar-refractivity contribution in [2.45, 2.75) is 51.0 Å². The third-order valence-electron chi connectivity index (χ3n) is 5.62. The molecule has 1 saturated carbocycles. The first-order valence-electron chi connectivity index (χ1n) is 10.3. The first-order valence-corrected chi connectivity index (χ1v) is 10.3. The van der Waals surface area contributed by atoms with Crippen molar-refractivity contribution >= 4 is 17.7 Å². The van der Waals surface area contributed by atoms with Crippen LogP contribution in [0.3, 0.4) is 0 Å². The van der Waals surface area contributed by atoms with Crippen LogP contribution in [0, 0.1) is 11.8 Å². The van der Waals surface area contributed by atoms with E-state index >= 15 is 0 Å². The molecule has 1 fully saturated rings. The molecule has 0 bridgehead atoms. The summed E-state index contributed by atoms with van der Waals surface area (Å²) in [4.78, 5) is 38.7. The normalized spacial score (nSPS) is 26.1. The van der Waals surface area contributed by atoms with E-state index < -0.39 is 41.1 Å². The molecular formula is C25H32O6. The fourth-order valence-electron chi connectivity index (χ4n) is 4.08. The lowest BCUT2D eigenvalue weighted by molar-refractivity contribution is -0.171. The molecule has 31 heavy (non-hydrogen) atoms. The Balaban J connectivity index is 2.60. The molecule has 0 aliphatic heterocycles. The van der Waals surface area contributed by atoms with Gasteiger partial charge < -0.3 is 14.6 Å². The largest absolute Gasteiger partial charge is 0.461 e. The minimum Gasteiger partial charge on any atom is -0.461 e. The van der Waals surface area contributed by atoms with E-state index in [-0.39, 0.29) is 25.0 Å². The standard InChI is InChI=1S/C25H32O6/c1-7-13-30-22(27)20-18(26)15-25(6,29)21(23(28)31-14-8-2)19(20)16-9-11-17(12-10-16)24(3,4)5/h7-12,19-21,29H,1-2,13-15H2,3-6H3/t19-,20+,21+,25-/m0/s1. The number of carbonyl (C=O) groups excluding carboxylic acids is 3. The summed E-state index contributed by atoms with van der Waals surface area (Å²) >= 11 is 0. The molecule has 0 radical (unpaired) electrons. The van der Waals surface area contributed by atoms with Gasteiger partial charge in [-0.05, 0) is 23.5 Å². The van der Waals surface area contributed by atoms with Crippen molar-refractivity contribution in [1.82, 2.24) is 0 Å². The predicted molar refractivity (Wildman–Crippen MR) is 117 cm³/mol. The van der Waals surface area contributed by atoms with Gasteiger partial charge in [-0.15, -0.1) is 0 Å². The third-order valence-corrected chi connectivity index (χ3v) is 5.62. The molecular weight excluding hydrogens is 396 g/mol. The number of carbonyl (C=O) groups is 3. The maximum absolute atomic E-state index is 13.0. The van der Waals surface area contributed by atoms with E-state index in [9.17, 15) is 19.5 Å². The van der Waals surface area contributed by atoms with Gasteiger partial charge >= 0.3 is 11.9 Å². The maximum atomic E-state index is 13.0. The number of aliphatic hydroxyl groups is 1. The minimum atomic E-state index is -1.68. The van der Waals surface area contributed by atoms with Crippen LogP contribution in [0.15, 0.2) is 49.6 Å². The molecule has 0 saturated heterocycles. The van der Waals surface area contributed by atoms with Crippen LogP contribution in [0.5, 0.6) is 0 Å². The highest BCUT2D eigenvalue weighted by atomic mass is 16.5. The first kappa shape index (κ1) is 24.5. The first-order chi connectivity index (χ1) is 14.4. The summed E-state index contributed by atoms with van der Waals surface area (Å²) in [6.45, 7) is 14.6. The smallest absolute Gasteiger partial charge is 0.317 e. The third kappa shape index (κ3) is 5.50. The lowest BCUT2D eigenvalue weighted by Crippen LogP contribution is -2.55. The van der Waals surface area contributed by atoms with Crippen LogP contribution in [-0.4, -0.2) is 41.6 Å². The van der Waals surface area contributed by atoms with Gasteiger partial charge in [-0.1, -0.05) is 70.3 Å². The zero-order chi connectivity index (χ0) is 23.4. The molecule has 1 aromatic carbocycles. The highest BCUT2D eigenvalue weighted by Crippen LogP contribution is 2.47. The fraction of sp³-hybridized carbons (Fsp3) is 0.480. The van der Waals surface area contributed by atoms with Gasteiger partial charge in [0, 0.05) is 12.3 Å². The summed E-state index contributed by atoms with van der Waals surface area (Å²) in [5, 5.41) is 11.0. The van der Waals surface area contributed by atoms with Crippen molar-refractivity contribution in [2.75, 3.05) is 13.2 Å². The molecule has 6 nitrogen and oxygen atoms in total. The Kier molecular flexibility index (Phi) is 7.60. The summed E-state index contributed by atoms with van der Waals surface area (Å²) in [6.07, 6.45) is 2.47. The quantitative estimate of drug-likeness (QED) is 0.406. The summed E-state index contributed by atoms with van der Waals surface area (Å²) in [7, 11) is 0. The van der Waals surface area contributed by atoms with E-state index in [1.165, 1.54) is 19.1 Å². The number of hydrogen-bond donors (Lipinski definition) is 1. The topological polar surface area (TPSA) is 89.9 Å². The van der Waals surface area contributed by atoms with Gasteiger partial charge in [-0.25, -0.2) is 0 Å². The average molecular weight is 429 g/mol. The number of rotatable bonds is 7. The molecule has 2 rings (SSSR count). The Morgan fingerprint density at radius 3 is 2.10 bits per heavy atom. The number of ether oxygens (including phenoxy) is 2. The molecule has 6 heteroatoms. The molecule has 0 heterocycles. The molecule has 4 atom stereocenters. The molecule has 1 aliphatic rings. The Labute approximate surface area is 183 Å². The molecule has 1 N–H and O–H groups in total. The van der Waals surface area contributed by atoms with Crippen molar-refractivity contribution in [1.29, 1.82) is 0 Å². The second-order valence-electron chi connectivity index (χ2n) is 9.19. The Bertz CT molecular complexity index is 844. The van der Waals surface area contributed by atoms with Crippen molar-refractivity contribution < 1.29 is 29.0 Å². The highest BCUT2D eigenvalue weighted by molar-refractivity contribution is 6.02. The van der Waals surface area contributed by atoms with Gasteiger partial charge in [0.15, 0.2) is 5.78 Å². The summed E-state index contributed by atoms with van der Waals surface area (Å²) < 4.78 is 10.4. The number of hydrogen-bond acceptors (Lipinski definition) is 6. The zero-order valence-electron chi connectivity index (χ0n) is 18.7. The minimum absolute atomic E-state index is 0.0411. The van der Waals surface area contributed by atoms with Gasteiger partial charge in [0.1, 0.15) is 19.1 Å². The SMILES string of the molecule is C=CCOC(=O)[C@@H]1C(=O)C[C@](C)(O)[C@@H](C(=O)OCC=C)[C@H]1c1ccc(C(C)(C)C)cc1. The van der Waals surface area contributed by atoms with Crippen molar-refractivity contribution in [3.63, 3.8) is 0 Å². The van der Waals surface area contributed by atoms with Gasteiger partial charge in [-0.3, -0.25) is 14.4 Å². The molecule has 1 aliphatic carbocycles. The molecule has 0 aromatic heterocycles. The zero-order valence-corrected chi connectivity index (χ0v) is 18.7. The highest BCUT2D eigenvalue weighted by Gasteiger charge is 2.57. The molecule has 1 aromatic rings. The number of esters is 2. The molecule has 0 amide bonds. The lowest BCUT2D eigenvalue weighted by atomic mass is 9.61. The van der Waals surface area contributed by atoms with Crippen LogP contribution in [0.25, 0.3) is 0 Å². The van der Waals surface area contributed by atoms with E-state index in [1.807, 2.05) is 12.1 Å². The molecule has 168 valence electrons. The van der Waals surface area contributed by atoms with E-state index in [0.717, 1.165) is 5.56 Å². The Morgan fingerprint density at radius 1 is 1.10 bits per heavy atom. The van der Waals surface area contributed by atoms with Crippen LogP contribution in [0.2, 0.25) is 0 Å². The number of benzene rings is 1. The van der Waals surface area contributed by atoms with Gasteiger partial charge in [-0.2, -0.15) is 0 Å². The van der Waals surface area contributed by atoms with E-state index in [1.54, 1.807) is 12.1 Å². The van der Waals surface area contributed by atoms with Crippen molar-refractivity contribution in [3.8, 4) is 0 Å². The van der Waals surface area contributed by atoms with E-state index in [2.05, 4.69) is 33.9 Å². The average Bonchev–Trinajstić information content (AvgIpc) is 2.68. The van der Waals surface area contributed by atoms with Gasteiger partial charge in [0.2, 0.25) is 0 Å². The maximum Gasteiger partial charge on any atom is 0.317 e. The summed E-state index contributed by atoms with van der Waals surface area (Å²) in [5.41, 5.74) is -0.140.